The molecule has 0 spiro atoms. The van der Waals surface area contributed by atoms with Crippen molar-refractivity contribution in [2.45, 2.75) is 50.9 Å². The van der Waals surface area contributed by atoms with Crippen LogP contribution in [0.15, 0.2) is 255 Å². The maximum absolute atomic E-state index is 2.58. The predicted molar refractivity (Wildman–Crippen MR) is 307 cm³/mol. The van der Waals surface area contributed by atoms with Gasteiger partial charge in [0, 0.05) is 33.5 Å². The molecule has 2 aliphatic rings. The first-order chi connectivity index (χ1) is 36.1. The Morgan fingerprint density at radius 3 is 1.51 bits per heavy atom. The van der Waals surface area contributed by atoms with E-state index in [0.29, 0.717) is 5.92 Å². The molecule has 3 atom stereocenters. The van der Waals surface area contributed by atoms with Crippen molar-refractivity contribution < 1.29 is 0 Å². The van der Waals surface area contributed by atoms with Crippen molar-refractivity contribution in [3.05, 3.63) is 288 Å². The third-order valence-corrected chi connectivity index (χ3v) is 16.6. The number of para-hydroxylation sites is 2. The Morgan fingerprint density at radius 2 is 0.904 bits per heavy atom. The van der Waals surface area contributed by atoms with Crippen molar-refractivity contribution in [1.82, 2.24) is 4.57 Å². The number of benzene rings is 10. The molecular formula is C71H60N2. The van der Waals surface area contributed by atoms with Gasteiger partial charge in [0.25, 0.3) is 0 Å². The van der Waals surface area contributed by atoms with Gasteiger partial charge in [-0.3, -0.25) is 0 Å². The van der Waals surface area contributed by atoms with Gasteiger partial charge in [-0.25, -0.2) is 0 Å². The van der Waals surface area contributed by atoms with E-state index < -0.39 is 5.41 Å². The summed E-state index contributed by atoms with van der Waals surface area (Å²) in [6, 6.07) is 95.0. The summed E-state index contributed by atoms with van der Waals surface area (Å²) in [4.78, 5) is 2.49. The molecule has 0 aliphatic heterocycles. The highest BCUT2D eigenvalue weighted by Gasteiger charge is 2.42. The maximum atomic E-state index is 2.58. The van der Waals surface area contributed by atoms with Gasteiger partial charge in [-0.2, -0.15) is 0 Å². The molecule has 0 amide bonds. The van der Waals surface area contributed by atoms with Gasteiger partial charge in [-0.1, -0.05) is 207 Å². The molecule has 2 aliphatic carbocycles. The quantitative estimate of drug-likeness (QED) is 0.111. The molecule has 0 saturated heterocycles. The number of anilines is 3. The number of aryl methyl sites for hydroxylation is 1. The van der Waals surface area contributed by atoms with Gasteiger partial charge in [-0.15, -0.1) is 0 Å². The van der Waals surface area contributed by atoms with Gasteiger partial charge in [0.15, 0.2) is 0 Å². The van der Waals surface area contributed by atoms with E-state index >= 15 is 0 Å². The first-order valence-corrected chi connectivity index (χ1v) is 26.5. The summed E-state index contributed by atoms with van der Waals surface area (Å²) in [5, 5.41) is 2.54. The average Bonchev–Trinajstić information content (AvgIpc) is 3.98. The van der Waals surface area contributed by atoms with E-state index in [1.165, 1.54) is 115 Å². The van der Waals surface area contributed by atoms with Crippen LogP contribution in [0.3, 0.4) is 0 Å². The Kier molecular flexibility index (Phi) is 11.7. The van der Waals surface area contributed by atoms with E-state index in [-0.39, 0.29) is 0 Å². The molecule has 2 saturated carbocycles. The Labute approximate surface area is 430 Å². The van der Waals surface area contributed by atoms with Crippen molar-refractivity contribution in [1.29, 1.82) is 0 Å². The first-order valence-electron chi connectivity index (χ1n) is 26.5. The Morgan fingerprint density at radius 1 is 0.411 bits per heavy atom. The lowest BCUT2D eigenvalue weighted by Crippen LogP contribution is -2.33. The molecule has 2 bridgehead atoms. The molecular weight excluding hydrogens is 881 g/mol. The smallest absolute Gasteiger partial charge is 0.0706 e. The zero-order chi connectivity index (χ0) is 48.7. The summed E-state index contributed by atoms with van der Waals surface area (Å²) in [6.07, 6.45) is 7.88. The number of fused-ring (bicyclic) bond motifs is 5. The van der Waals surface area contributed by atoms with Crippen molar-refractivity contribution in [2.75, 3.05) is 4.90 Å². The van der Waals surface area contributed by atoms with Crippen molar-refractivity contribution in [3.63, 3.8) is 0 Å². The Hall–Kier alpha value is -8.20. The van der Waals surface area contributed by atoms with Gasteiger partial charge >= 0.3 is 0 Å². The van der Waals surface area contributed by atoms with Gasteiger partial charge < -0.3 is 9.47 Å². The highest BCUT2D eigenvalue weighted by atomic mass is 15.1. The Balaban J connectivity index is 0.975. The second kappa shape index (κ2) is 19.1. The fourth-order valence-corrected chi connectivity index (χ4v) is 13.4. The van der Waals surface area contributed by atoms with Gasteiger partial charge in [0.2, 0.25) is 0 Å². The van der Waals surface area contributed by atoms with Gasteiger partial charge in [0.05, 0.1) is 16.4 Å². The van der Waals surface area contributed by atoms with E-state index in [1.807, 2.05) is 0 Å². The first kappa shape index (κ1) is 44.7. The van der Waals surface area contributed by atoms with E-state index in [9.17, 15) is 0 Å². The number of hydrogen-bond acceptors (Lipinski definition) is 1. The molecule has 1 heterocycles. The molecule has 1 aromatic heterocycles. The maximum Gasteiger partial charge on any atom is 0.0706 e. The van der Waals surface area contributed by atoms with Crippen LogP contribution in [0.5, 0.6) is 0 Å². The zero-order valence-electron chi connectivity index (χ0n) is 41.6. The minimum atomic E-state index is -0.549. The zero-order valence-corrected chi connectivity index (χ0v) is 41.6. The Bertz CT molecular complexity index is 3600. The molecule has 11 aromatic rings. The summed E-state index contributed by atoms with van der Waals surface area (Å²) in [6.45, 7) is 2.30. The van der Waals surface area contributed by atoms with Crippen LogP contribution < -0.4 is 4.90 Å². The van der Waals surface area contributed by atoms with Crippen LogP contribution in [0, 0.1) is 24.7 Å². The molecule has 354 valence electrons. The molecule has 0 N–H and O–H groups in total. The lowest BCUT2D eigenvalue weighted by Gasteiger charge is -2.40. The number of nitrogens with zero attached hydrogens (tertiary/aromatic N) is 2. The third-order valence-electron chi connectivity index (χ3n) is 16.6. The van der Waals surface area contributed by atoms with Crippen molar-refractivity contribution in [2.24, 2.45) is 17.8 Å². The topological polar surface area (TPSA) is 8.17 Å². The fourth-order valence-electron chi connectivity index (χ4n) is 13.4. The molecule has 2 heteroatoms. The summed E-state index contributed by atoms with van der Waals surface area (Å²) in [5.74, 6) is 2.33. The third kappa shape index (κ3) is 8.16. The molecule has 10 aromatic carbocycles. The highest BCUT2D eigenvalue weighted by molar-refractivity contribution is 6.09. The highest BCUT2D eigenvalue weighted by Crippen LogP contribution is 2.51. The molecule has 0 unspecified atom stereocenters. The monoisotopic (exact) mass is 940 g/mol. The number of rotatable bonds is 12. The summed E-state index contributed by atoms with van der Waals surface area (Å²) >= 11 is 0. The van der Waals surface area contributed by atoms with Crippen LogP contribution in [-0.4, -0.2) is 4.57 Å². The van der Waals surface area contributed by atoms with E-state index in [2.05, 4.69) is 271 Å². The molecule has 2 nitrogen and oxygen atoms in total. The van der Waals surface area contributed by atoms with E-state index in [4.69, 9.17) is 0 Å². The standard InChI is InChI=1S/C71H60N2/c1-50-18-11-14-29-67(50)71(59-22-7-3-8-23-59,60-24-9-4-10-25-60)68-43-42-64(49-58(68)47-53-45-51-32-33-52(44-51)46-53)72(61-38-34-55(35-39-61)54-19-5-2-6-20-54)62-40-36-56(37-41-62)57-21-17-26-63(48-57)73-69-30-15-12-27-65(69)66-28-13-16-31-70(66)73/h2-31,34-43,48-49,51-53H,32-33,44-47H2,1H3/t51-,52+,53-. The second-order valence-corrected chi connectivity index (χ2v) is 20.9. The van der Waals surface area contributed by atoms with Crippen LogP contribution >= 0.6 is 0 Å². The largest absolute Gasteiger partial charge is 0.310 e. The van der Waals surface area contributed by atoms with Gasteiger partial charge in [-0.05, 0) is 167 Å². The normalized spacial score (nSPS) is 16.5. The van der Waals surface area contributed by atoms with Crippen LogP contribution in [0.1, 0.15) is 65.5 Å². The van der Waals surface area contributed by atoms with E-state index in [1.54, 1.807) is 0 Å². The number of hydrogen-bond donors (Lipinski definition) is 0. The number of aromatic nitrogens is 1. The van der Waals surface area contributed by atoms with Crippen molar-refractivity contribution >= 4 is 38.9 Å². The summed E-state index contributed by atoms with van der Waals surface area (Å²) in [5.41, 5.74) is 19.3. The minimum Gasteiger partial charge on any atom is -0.310 e. The summed E-state index contributed by atoms with van der Waals surface area (Å²) in [7, 11) is 0. The lowest BCUT2D eigenvalue weighted by atomic mass is 9.62. The minimum absolute atomic E-state index is 0.549. The van der Waals surface area contributed by atoms with Crippen LogP contribution in [0.25, 0.3) is 49.7 Å². The molecule has 73 heavy (non-hydrogen) atoms. The fraction of sp³-hybridized carbons (Fsp3) is 0.155. The average molecular weight is 941 g/mol. The van der Waals surface area contributed by atoms with Crippen LogP contribution in [0.2, 0.25) is 0 Å². The SMILES string of the molecule is Cc1ccccc1C(c1ccccc1)(c1ccccc1)c1ccc(N(c2ccc(-c3ccccc3)cc2)c2ccc(-c3cccc(-n4c5ccccc5c5ccccc54)c3)cc2)cc1C[C@@H]1C[C@@H]2CC[C@@H](C2)C1. The molecule has 0 radical (unpaired) electrons. The van der Waals surface area contributed by atoms with Crippen molar-refractivity contribution in [3.8, 4) is 27.9 Å². The van der Waals surface area contributed by atoms with Gasteiger partial charge in [0.1, 0.15) is 0 Å². The summed E-state index contributed by atoms with van der Waals surface area (Å²) < 4.78 is 2.41. The molecule has 2 fully saturated rings. The molecule has 13 rings (SSSR count). The van der Waals surface area contributed by atoms with Crippen LogP contribution in [-0.2, 0) is 11.8 Å². The predicted octanol–water partition coefficient (Wildman–Crippen LogP) is 18.6. The van der Waals surface area contributed by atoms with E-state index in [0.717, 1.165) is 35.3 Å². The lowest BCUT2D eigenvalue weighted by molar-refractivity contribution is 0.259. The van der Waals surface area contributed by atoms with Crippen LogP contribution in [0.4, 0.5) is 17.1 Å². The second-order valence-electron chi connectivity index (χ2n) is 20.9.